The van der Waals surface area contributed by atoms with Crippen LogP contribution in [0, 0.1) is 0 Å². The third-order valence-electron chi connectivity index (χ3n) is 5.43. The van der Waals surface area contributed by atoms with Crippen LogP contribution in [0.25, 0.3) is 32.3 Å². The zero-order chi connectivity index (χ0) is 19.8. The smallest absolute Gasteiger partial charge is 0.200 e. The van der Waals surface area contributed by atoms with E-state index >= 15 is 0 Å². The molecule has 2 N–H and O–H groups in total. The highest BCUT2D eigenvalue weighted by Crippen LogP contribution is 2.31. The zero-order valence-corrected chi connectivity index (χ0v) is 16.2. The van der Waals surface area contributed by atoms with Gasteiger partial charge in [0.2, 0.25) is 5.96 Å². The first-order chi connectivity index (χ1) is 14.2. The van der Waals surface area contributed by atoms with E-state index in [9.17, 15) is 0 Å². The van der Waals surface area contributed by atoms with Crippen molar-refractivity contribution in [3.05, 3.63) is 97.1 Å². The molecule has 0 aliphatic rings. The molecule has 0 aromatic heterocycles. The predicted octanol–water partition coefficient (Wildman–Crippen LogP) is 6.23. The summed E-state index contributed by atoms with van der Waals surface area (Å²) in [6.45, 7) is 0. The number of anilines is 1. The molecule has 5 aromatic carbocycles. The van der Waals surface area contributed by atoms with Gasteiger partial charge in [0.15, 0.2) is 0 Å². The van der Waals surface area contributed by atoms with Gasteiger partial charge in [0, 0.05) is 17.8 Å². The van der Waals surface area contributed by atoms with Gasteiger partial charge in [-0.1, -0.05) is 72.8 Å². The molecule has 0 aliphatic heterocycles. The topological polar surface area (TPSA) is 41.6 Å². The maximum absolute atomic E-state index is 6.45. The molecule has 0 radical (unpaired) electrons. The lowest BCUT2D eigenvalue weighted by molar-refractivity contribution is 1.23. The SMILES string of the molecule is CN(C(N)=Nc1cccc2cc3ccccc3cc12)c1cccc2ccccc12. The Morgan fingerprint density at radius 1 is 0.655 bits per heavy atom. The summed E-state index contributed by atoms with van der Waals surface area (Å²) < 4.78 is 0. The fourth-order valence-electron chi connectivity index (χ4n) is 3.87. The van der Waals surface area contributed by atoms with Gasteiger partial charge in [-0.2, -0.15) is 0 Å². The summed E-state index contributed by atoms with van der Waals surface area (Å²) >= 11 is 0. The van der Waals surface area contributed by atoms with Crippen molar-refractivity contribution >= 4 is 49.7 Å². The van der Waals surface area contributed by atoms with Gasteiger partial charge in [-0.3, -0.25) is 0 Å². The molecule has 0 saturated heterocycles. The fourth-order valence-corrected chi connectivity index (χ4v) is 3.87. The predicted molar refractivity (Wildman–Crippen MR) is 125 cm³/mol. The molecule has 3 nitrogen and oxygen atoms in total. The Kier molecular flexibility index (Phi) is 4.14. The van der Waals surface area contributed by atoms with Gasteiger partial charge in [-0.25, -0.2) is 4.99 Å². The Labute approximate surface area is 169 Å². The van der Waals surface area contributed by atoms with Crippen LogP contribution in [-0.4, -0.2) is 13.0 Å². The number of aliphatic imine (C=N–C) groups is 1. The van der Waals surface area contributed by atoms with E-state index in [0.717, 1.165) is 27.5 Å². The molecule has 0 aliphatic carbocycles. The van der Waals surface area contributed by atoms with Crippen LogP contribution < -0.4 is 10.6 Å². The molecule has 0 atom stereocenters. The molecule has 5 rings (SSSR count). The number of guanidine groups is 1. The lowest BCUT2D eigenvalue weighted by Crippen LogP contribution is -2.33. The van der Waals surface area contributed by atoms with E-state index in [0.29, 0.717) is 5.96 Å². The van der Waals surface area contributed by atoms with Gasteiger partial charge in [-0.05, 0) is 45.8 Å². The largest absolute Gasteiger partial charge is 0.369 e. The van der Waals surface area contributed by atoms with E-state index in [1.54, 1.807) is 0 Å². The average molecular weight is 375 g/mol. The second-order valence-electron chi connectivity index (χ2n) is 7.22. The first kappa shape index (κ1) is 17.3. The molecule has 5 aromatic rings. The summed E-state index contributed by atoms with van der Waals surface area (Å²) in [7, 11) is 1.96. The van der Waals surface area contributed by atoms with E-state index in [4.69, 9.17) is 10.7 Å². The highest BCUT2D eigenvalue weighted by atomic mass is 15.2. The van der Waals surface area contributed by atoms with Crippen LogP contribution in [0.5, 0.6) is 0 Å². The van der Waals surface area contributed by atoms with Gasteiger partial charge in [0.1, 0.15) is 0 Å². The maximum atomic E-state index is 6.45. The Balaban J connectivity index is 1.62. The van der Waals surface area contributed by atoms with Gasteiger partial charge in [0.25, 0.3) is 0 Å². The van der Waals surface area contributed by atoms with Crippen LogP contribution in [0.1, 0.15) is 0 Å². The number of hydrogen-bond acceptors (Lipinski definition) is 1. The van der Waals surface area contributed by atoms with Gasteiger partial charge >= 0.3 is 0 Å². The summed E-state index contributed by atoms with van der Waals surface area (Å²) in [6, 6.07) is 33.5. The molecule has 0 unspecified atom stereocenters. The first-order valence-corrected chi connectivity index (χ1v) is 9.68. The van der Waals surface area contributed by atoms with Crippen molar-refractivity contribution in [2.24, 2.45) is 10.7 Å². The minimum absolute atomic E-state index is 0.460. The summed E-state index contributed by atoms with van der Waals surface area (Å²) in [5, 5.41) is 7.01. The molecular formula is C26H21N3. The third kappa shape index (κ3) is 3.07. The minimum atomic E-state index is 0.460. The summed E-state index contributed by atoms with van der Waals surface area (Å²) in [4.78, 5) is 6.74. The van der Waals surface area contributed by atoms with Gasteiger partial charge in [-0.15, -0.1) is 0 Å². The van der Waals surface area contributed by atoms with E-state index < -0.39 is 0 Å². The number of fused-ring (bicyclic) bond motifs is 3. The van der Waals surface area contributed by atoms with E-state index in [2.05, 4.69) is 66.7 Å². The molecular weight excluding hydrogens is 354 g/mol. The van der Waals surface area contributed by atoms with Crippen LogP contribution in [0.15, 0.2) is 102 Å². The highest BCUT2D eigenvalue weighted by Gasteiger charge is 2.10. The van der Waals surface area contributed by atoms with Crippen LogP contribution in [0.4, 0.5) is 11.4 Å². The average Bonchev–Trinajstić information content (AvgIpc) is 2.77. The molecule has 0 heterocycles. The van der Waals surface area contributed by atoms with Crippen LogP contribution in [0.3, 0.4) is 0 Å². The lowest BCUT2D eigenvalue weighted by Gasteiger charge is -2.20. The molecule has 140 valence electrons. The molecule has 0 bridgehead atoms. The van der Waals surface area contributed by atoms with Crippen molar-refractivity contribution in [2.45, 2.75) is 0 Å². The lowest BCUT2D eigenvalue weighted by atomic mass is 10.0. The standard InChI is InChI=1S/C26H21N3/c1-29(25-15-7-11-18-8-4-5-13-22(18)25)26(27)28-24-14-6-12-21-16-19-9-2-3-10-20(19)17-23(21)24/h2-17H,1H3,(H2,27,28). The summed E-state index contributed by atoms with van der Waals surface area (Å²) in [5.74, 6) is 0.460. The number of nitrogens with zero attached hydrogens (tertiary/aromatic N) is 2. The highest BCUT2D eigenvalue weighted by molar-refractivity contribution is 6.07. The Morgan fingerprint density at radius 3 is 2.10 bits per heavy atom. The van der Waals surface area contributed by atoms with Crippen molar-refractivity contribution in [1.29, 1.82) is 0 Å². The number of nitrogens with two attached hydrogens (primary N) is 1. The molecule has 0 saturated carbocycles. The van der Waals surface area contributed by atoms with Crippen molar-refractivity contribution in [2.75, 3.05) is 11.9 Å². The maximum Gasteiger partial charge on any atom is 0.200 e. The second kappa shape index (κ2) is 6.95. The third-order valence-corrected chi connectivity index (χ3v) is 5.43. The number of rotatable bonds is 2. The summed E-state index contributed by atoms with van der Waals surface area (Å²) in [5.41, 5.74) is 8.36. The van der Waals surface area contributed by atoms with Crippen molar-refractivity contribution < 1.29 is 0 Å². The Bertz CT molecular complexity index is 1380. The van der Waals surface area contributed by atoms with Crippen molar-refractivity contribution in [3.63, 3.8) is 0 Å². The molecule has 29 heavy (non-hydrogen) atoms. The minimum Gasteiger partial charge on any atom is -0.369 e. The van der Waals surface area contributed by atoms with E-state index in [-0.39, 0.29) is 0 Å². The van der Waals surface area contributed by atoms with Crippen LogP contribution in [-0.2, 0) is 0 Å². The first-order valence-electron chi connectivity index (χ1n) is 9.68. The molecule has 0 amide bonds. The molecule has 0 spiro atoms. The van der Waals surface area contributed by atoms with E-state index in [1.165, 1.54) is 16.2 Å². The van der Waals surface area contributed by atoms with Crippen LogP contribution in [0.2, 0.25) is 0 Å². The Morgan fingerprint density at radius 2 is 1.28 bits per heavy atom. The molecule has 3 heteroatoms. The fraction of sp³-hybridized carbons (Fsp3) is 0.0385. The Hall–Kier alpha value is -3.85. The van der Waals surface area contributed by atoms with Crippen LogP contribution >= 0.6 is 0 Å². The number of benzene rings is 5. The van der Waals surface area contributed by atoms with Gasteiger partial charge < -0.3 is 10.6 Å². The summed E-state index contributed by atoms with van der Waals surface area (Å²) in [6.07, 6.45) is 0. The monoisotopic (exact) mass is 375 g/mol. The normalized spacial score (nSPS) is 12.0. The van der Waals surface area contributed by atoms with Gasteiger partial charge in [0.05, 0.1) is 11.4 Å². The molecule has 0 fully saturated rings. The van der Waals surface area contributed by atoms with Crippen molar-refractivity contribution in [1.82, 2.24) is 0 Å². The van der Waals surface area contributed by atoms with E-state index in [1.807, 2.05) is 42.3 Å². The number of hydrogen-bond donors (Lipinski definition) is 1. The second-order valence-corrected chi connectivity index (χ2v) is 7.22. The quantitative estimate of drug-likeness (QED) is 0.226. The zero-order valence-electron chi connectivity index (χ0n) is 16.2. The van der Waals surface area contributed by atoms with Crippen molar-refractivity contribution in [3.8, 4) is 0 Å².